The van der Waals surface area contributed by atoms with Gasteiger partial charge in [0.2, 0.25) is 5.95 Å². The van der Waals surface area contributed by atoms with E-state index in [4.69, 9.17) is 0 Å². The number of rotatable bonds is 5. The Bertz CT molecular complexity index is 1000. The highest BCUT2D eigenvalue weighted by molar-refractivity contribution is 9.10. The van der Waals surface area contributed by atoms with Crippen molar-refractivity contribution in [1.82, 2.24) is 14.5 Å². The summed E-state index contributed by atoms with van der Waals surface area (Å²) in [5.41, 5.74) is 3.46. The summed E-state index contributed by atoms with van der Waals surface area (Å²) in [5, 5.41) is 16.0. The summed E-state index contributed by atoms with van der Waals surface area (Å²) in [5.74, 6) is 0.522. The van der Waals surface area contributed by atoms with Crippen molar-refractivity contribution in [3.63, 3.8) is 0 Å². The van der Waals surface area contributed by atoms with Crippen molar-refractivity contribution in [2.24, 2.45) is 0 Å². The van der Waals surface area contributed by atoms with Crippen LogP contribution in [0, 0.1) is 6.92 Å². The molecule has 0 aliphatic rings. The molecule has 2 aromatic carbocycles. The van der Waals surface area contributed by atoms with Gasteiger partial charge in [-0.05, 0) is 43.3 Å². The van der Waals surface area contributed by atoms with E-state index in [9.17, 15) is 5.11 Å². The average molecular weight is 411 g/mol. The molecule has 2 aromatic heterocycles. The molecule has 0 radical (unpaired) electrons. The van der Waals surface area contributed by atoms with Gasteiger partial charge < -0.3 is 15.0 Å². The molecule has 1 atom stereocenters. The largest absolute Gasteiger partial charge is 0.389 e. The van der Waals surface area contributed by atoms with Crippen molar-refractivity contribution < 1.29 is 5.11 Å². The number of halogens is 1. The van der Waals surface area contributed by atoms with Crippen LogP contribution in [0.3, 0.4) is 0 Å². The summed E-state index contributed by atoms with van der Waals surface area (Å²) in [7, 11) is 0. The molecule has 4 aromatic rings. The lowest BCUT2D eigenvalue weighted by molar-refractivity contribution is 0.169. The van der Waals surface area contributed by atoms with Crippen LogP contribution in [0.15, 0.2) is 59.3 Å². The molecular formula is C20H19BrN4O. The van der Waals surface area contributed by atoms with Gasteiger partial charge in [0.1, 0.15) is 0 Å². The summed E-state index contributed by atoms with van der Waals surface area (Å²) >= 11 is 3.56. The number of aliphatic hydroxyl groups is 1. The van der Waals surface area contributed by atoms with Gasteiger partial charge in [-0.15, -0.1) is 0 Å². The number of aromatic nitrogens is 3. The smallest absolute Gasteiger partial charge is 0.222 e. The predicted molar refractivity (Wildman–Crippen MR) is 108 cm³/mol. The molecule has 0 saturated heterocycles. The fourth-order valence-corrected chi connectivity index (χ4v) is 3.62. The van der Waals surface area contributed by atoms with Gasteiger partial charge in [-0.1, -0.05) is 27.6 Å². The number of hydrogen-bond donors (Lipinski definition) is 2. The van der Waals surface area contributed by atoms with E-state index in [0.717, 1.165) is 15.5 Å². The Morgan fingerprint density at radius 2 is 1.77 bits per heavy atom. The second-order valence-corrected chi connectivity index (χ2v) is 7.32. The van der Waals surface area contributed by atoms with E-state index in [0.29, 0.717) is 19.0 Å². The molecule has 0 spiro atoms. The Labute approximate surface area is 159 Å². The molecule has 0 aliphatic heterocycles. The van der Waals surface area contributed by atoms with Crippen LogP contribution in [0.4, 0.5) is 5.95 Å². The van der Waals surface area contributed by atoms with E-state index in [1.54, 1.807) is 18.5 Å². The van der Waals surface area contributed by atoms with Gasteiger partial charge in [-0.3, -0.25) is 0 Å². The number of aryl methyl sites for hydroxylation is 1. The van der Waals surface area contributed by atoms with E-state index in [2.05, 4.69) is 73.0 Å². The van der Waals surface area contributed by atoms with Gasteiger partial charge in [0, 0.05) is 45.2 Å². The summed E-state index contributed by atoms with van der Waals surface area (Å²) < 4.78 is 3.23. The van der Waals surface area contributed by atoms with Crippen LogP contribution in [0.5, 0.6) is 0 Å². The lowest BCUT2D eigenvalue weighted by Crippen LogP contribution is -2.25. The Hall–Kier alpha value is -2.44. The van der Waals surface area contributed by atoms with Crippen LogP contribution >= 0.6 is 15.9 Å². The maximum Gasteiger partial charge on any atom is 0.222 e. The number of anilines is 1. The molecule has 0 saturated carbocycles. The standard InChI is InChI=1S/C20H19BrN4O/c1-13-3-5-18-16(9-13)17-10-14(21)4-6-19(17)25(18)12-15(26)11-24-20-22-7-2-8-23-20/h2-10,15,26H,11-12H2,1H3,(H,22,23,24). The lowest BCUT2D eigenvalue weighted by Gasteiger charge is -2.15. The fourth-order valence-electron chi connectivity index (χ4n) is 3.26. The first-order valence-electron chi connectivity index (χ1n) is 8.49. The van der Waals surface area contributed by atoms with Crippen molar-refractivity contribution in [3.8, 4) is 0 Å². The van der Waals surface area contributed by atoms with Crippen molar-refractivity contribution >= 4 is 43.7 Å². The van der Waals surface area contributed by atoms with E-state index in [-0.39, 0.29) is 0 Å². The summed E-state index contributed by atoms with van der Waals surface area (Å²) in [6.07, 6.45) is 2.78. The van der Waals surface area contributed by atoms with Gasteiger partial charge in [0.15, 0.2) is 0 Å². The third-order valence-electron chi connectivity index (χ3n) is 4.44. The van der Waals surface area contributed by atoms with Crippen LogP contribution in [-0.4, -0.2) is 32.3 Å². The maximum atomic E-state index is 10.6. The van der Waals surface area contributed by atoms with Crippen LogP contribution < -0.4 is 5.32 Å². The van der Waals surface area contributed by atoms with Gasteiger partial charge in [-0.25, -0.2) is 9.97 Å². The van der Waals surface area contributed by atoms with E-state index < -0.39 is 6.10 Å². The first-order valence-corrected chi connectivity index (χ1v) is 9.28. The predicted octanol–water partition coefficient (Wildman–Crippen LogP) is 4.13. The Kier molecular flexibility index (Phi) is 4.61. The number of nitrogens with one attached hydrogen (secondary N) is 1. The van der Waals surface area contributed by atoms with Crippen molar-refractivity contribution in [2.45, 2.75) is 19.6 Å². The van der Waals surface area contributed by atoms with Crippen molar-refractivity contribution in [1.29, 1.82) is 0 Å². The molecule has 4 rings (SSSR count). The lowest BCUT2D eigenvalue weighted by atomic mass is 10.1. The normalized spacial score (nSPS) is 12.6. The molecule has 132 valence electrons. The van der Waals surface area contributed by atoms with Crippen LogP contribution in [-0.2, 0) is 6.54 Å². The van der Waals surface area contributed by atoms with Gasteiger partial charge in [-0.2, -0.15) is 0 Å². The van der Waals surface area contributed by atoms with Crippen LogP contribution in [0.2, 0.25) is 0 Å². The van der Waals surface area contributed by atoms with E-state index in [1.807, 2.05) is 6.07 Å². The van der Waals surface area contributed by atoms with Crippen molar-refractivity contribution in [2.75, 3.05) is 11.9 Å². The molecule has 0 fully saturated rings. The highest BCUT2D eigenvalue weighted by Gasteiger charge is 2.14. The average Bonchev–Trinajstić information content (AvgIpc) is 2.93. The zero-order chi connectivity index (χ0) is 18.1. The molecule has 0 aliphatic carbocycles. The highest BCUT2D eigenvalue weighted by atomic mass is 79.9. The number of hydrogen-bond acceptors (Lipinski definition) is 4. The molecule has 2 N–H and O–H groups in total. The number of nitrogens with zero attached hydrogens (tertiary/aromatic N) is 3. The second-order valence-electron chi connectivity index (χ2n) is 6.40. The third-order valence-corrected chi connectivity index (χ3v) is 4.93. The summed E-state index contributed by atoms with van der Waals surface area (Å²) in [4.78, 5) is 8.24. The molecule has 6 heteroatoms. The number of aliphatic hydroxyl groups excluding tert-OH is 1. The maximum absolute atomic E-state index is 10.6. The first-order chi connectivity index (χ1) is 12.6. The molecular weight excluding hydrogens is 392 g/mol. The van der Waals surface area contributed by atoms with Gasteiger partial charge in [0.05, 0.1) is 12.6 Å². The molecule has 1 unspecified atom stereocenters. The Morgan fingerprint density at radius 3 is 2.54 bits per heavy atom. The van der Waals surface area contributed by atoms with Gasteiger partial charge in [0.25, 0.3) is 0 Å². The van der Waals surface area contributed by atoms with Crippen LogP contribution in [0.1, 0.15) is 5.56 Å². The minimum Gasteiger partial charge on any atom is -0.389 e. The molecule has 2 heterocycles. The zero-order valence-electron chi connectivity index (χ0n) is 14.4. The van der Waals surface area contributed by atoms with Crippen LogP contribution in [0.25, 0.3) is 21.8 Å². The summed E-state index contributed by atoms with van der Waals surface area (Å²) in [6, 6.07) is 14.5. The molecule has 5 nitrogen and oxygen atoms in total. The molecule has 26 heavy (non-hydrogen) atoms. The van der Waals surface area contributed by atoms with Gasteiger partial charge >= 0.3 is 0 Å². The third kappa shape index (κ3) is 3.30. The minimum atomic E-state index is -0.567. The SMILES string of the molecule is Cc1ccc2c(c1)c1cc(Br)ccc1n2CC(O)CNc1ncccn1. The van der Waals surface area contributed by atoms with Crippen molar-refractivity contribution in [3.05, 3.63) is 64.9 Å². The number of benzene rings is 2. The van der Waals surface area contributed by atoms with E-state index in [1.165, 1.54) is 16.3 Å². The Balaban J connectivity index is 1.66. The second kappa shape index (κ2) is 7.05. The Morgan fingerprint density at radius 1 is 1.08 bits per heavy atom. The first kappa shape index (κ1) is 17.0. The quantitative estimate of drug-likeness (QED) is 0.519. The van der Waals surface area contributed by atoms with E-state index >= 15 is 0 Å². The molecule has 0 amide bonds. The summed E-state index contributed by atoms with van der Waals surface area (Å²) in [6.45, 7) is 2.97. The highest BCUT2D eigenvalue weighted by Crippen LogP contribution is 2.32. The fraction of sp³-hybridized carbons (Fsp3) is 0.200. The number of fused-ring (bicyclic) bond motifs is 3. The zero-order valence-corrected chi connectivity index (χ0v) is 15.9. The molecule has 0 bridgehead atoms. The topological polar surface area (TPSA) is 63.0 Å². The monoisotopic (exact) mass is 410 g/mol. The minimum absolute atomic E-state index is 0.383.